The second-order valence-electron chi connectivity index (χ2n) is 6.52. The molecule has 0 atom stereocenters. The van der Waals surface area contributed by atoms with Crippen LogP contribution >= 0.6 is 0 Å². The number of sulfonamides is 1. The van der Waals surface area contributed by atoms with Gasteiger partial charge in [-0.15, -0.1) is 0 Å². The van der Waals surface area contributed by atoms with Gasteiger partial charge in [-0.1, -0.05) is 23.8 Å². The Morgan fingerprint density at radius 2 is 1.63 bits per heavy atom. The standard InChI is InChI=1S/C22H22N2O5S/c1-15-7-10-19(11-8-15)30(26,27)24-17-6-4-5-16(13-17)22(25)23-20-14-18(28-2)9-12-21(20)29-3/h4-14,24H,1-3H3,(H,23,25). The van der Waals surface area contributed by atoms with Crippen molar-refractivity contribution in [2.75, 3.05) is 24.3 Å². The van der Waals surface area contributed by atoms with Crippen LogP contribution in [0.3, 0.4) is 0 Å². The maximum absolute atomic E-state index is 12.7. The number of methoxy groups -OCH3 is 2. The normalized spacial score (nSPS) is 10.9. The molecule has 0 aliphatic heterocycles. The molecule has 0 spiro atoms. The molecule has 0 saturated heterocycles. The Hall–Kier alpha value is -3.52. The van der Waals surface area contributed by atoms with E-state index >= 15 is 0 Å². The average Bonchev–Trinajstić information content (AvgIpc) is 2.73. The van der Waals surface area contributed by atoms with Gasteiger partial charge in [0.25, 0.3) is 15.9 Å². The van der Waals surface area contributed by atoms with Crippen LogP contribution in [0.2, 0.25) is 0 Å². The van der Waals surface area contributed by atoms with Crippen molar-refractivity contribution in [2.45, 2.75) is 11.8 Å². The van der Waals surface area contributed by atoms with E-state index in [0.29, 0.717) is 17.2 Å². The summed E-state index contributed by atoms with van der Waals surface area (Å²) in [6, 6.07) is 17.8. The molecule has 0 aliphatic carbocycles. The summed E-state index contributed by atoms with van der Waals surface area (Å²) >= 11 is 0. The van der Waals surface area contributed by atoms with Crippen molar-refractivity contribution in [1.29, 1.82) is 0 Å². The molecule has 0 bridgehead atoms. The van der Waals surface area contributed by atoms with Crippen LogP contribution in [0.15, 0.2) is 71.6 Å². The summed E-state index contributed by atoms with van der Waals surface area (Å²) in [5, 5.41) is 2.76. The lowest BCUT2D eigenvalue weighted by molar-refractivity contribution is 0.102. The predicted molar refractivity (Wildman–Crippen MR) is 116 cm³/mol. The Bertz CT molecular complexity index is 1160. The molecule has 0 heterocycles. The molecule has 30 heavy (non-hydrogen) atoms. The van der Waals surface area contributed by atoms with Gasteiger partial charge in [0.1, 0.15) is 11.5 Å². The van der Waals surface area contributed by atoms with Gasteiger partial charge in [-0.3, -0.25) is 9.52 Å². The second kappa shape index (κ2) is 8.87. The molecule has 156 valence electrons. The van der Waals surface area contributed by atoms with Crippen molar-refractivity contribution in [3.05, 3.63) is 77.9 Å². The quantitative estimate of drug-likeness (QED) is 0.594. The van der Waals surface area contributed by atoms with Gasteiger partial charge in [0, 0.05) is 17.3 Å². The lowest BCUT2D eigenvalue weighted by Gasteiger charge is -2.13. The van der Waals surface area contributed by atoms with Crippen molar-refractivity contribution in [3.8, 4) is 11.5 Å². The number of carbonyl (C=O) groups is 1. The maximum Gasteiger partial charge on any atom is 0.261 e. The van der Waals surface area contributed by atoms with E-state index in [-0.39, 0.29) is 16.1 Å². The zero-order valence-electron chi connectivity index (χ0n) is 16.8. The third-order valence-corrected chi connectivity index (χ3v) is 5.76. The van der Waals surface area contributed by atoms with Crippen molar-refractivity contribution >= 4 is 27.3 Å². The molecule has 1 amide bonds. The fraction of sp³-hybridized carbons (Fsp3) is 0.136. The summed E-state index contributed by atoms with van der Waals surface area (Å²) in [5.74, 6) is 0.615. The lowest BCUT2D eigenvalue weighted by Crippen LogP contribution is -2.15. The first kappa shape index (κ1) is 21.2. The van der Waals surface area contributed by atoms with Crippen LogP contribution < -0.4 is 19.5 Å². The van der Waals surface area contributed by atoms with E-state index < -0.39 is 15.9 Å². The third kappa shape index (κ3) is 4.90. The largest absolute Gasteiger partial charge is 0.497 e. The fourth-order valence-electron chi connectivity index (χ4n) is 2.76. The average molecular weight is 426 g/mol. The van der Waals surface area contributed by atoms with Gasteiger partial charge in [-0.25, -0.2) is 8.42 Å². The van der Waals surface area contributed by atoms with Gasteiger partial charge in [0.2, 0.25) is 0 Å². The van der Waals surface area contributed by atoms with E-state index in [1.807, 2.05) is 6.92 Å². The zero-order chi connectivity index (χ0) is 21.7. The Labute approximate surface area is 175 Å². The Morgan fingerprint density at radius 3 is 2.30 bits per heavy atom. The van der Waals surface area contributed by atoms with Crippen molar-refractivity contribution in [1.82, 2.24) is 0 Å². The molecule has 0 unspecified atom stereocenters. The molecule has 3 aromatic carbocycles. The first-order valence-corrected chi connectivity index (χ1v) is 10.5. The van der Waals surface area contributed by atoms with Crippen LogP contribution in [0.5, 0.6) is 11.5 Å². The van der Waals surface area contributed by atoms with Gasteiger partial charge in [-0.05, 0) is 49.4 Å². The lowest BCUT2D eigenvalue weighted by atomic mass is 10.2. The van der Waals surface area contributed by atoms with Crippen molar-refractivity contribution in [2.24, 2.45) is 0 Å². The molecule has 0 aromatic heterocycles. The summed E-state index contributed by atoms with van der Waals surface area (Å²) in [6.07, 6.45) is 0. The third-order valence-electron chi connectivity index (χ3n) is 4.36. The minimum Gasteiger partial charge on any atom is -0.497 e. The van der Waals surface area contributed by atoms with E-state index in [9.17, 15) is 13.2 Å². The molecule has 8 heteroatoms. The molecular formula is C22H22N2O5S. The molecule has 2 N–H and O–H groups in total. The number of anilines is 2. The molecule has 0 fully saturated rings. The zero-order valence-corrected chi connectivity index (χ0v) is 17.6. The molecule has 7 nitrogen and oxygen atoms in total. The van der Waals surface area contributed by atoms with Gasteiger partial charge >= 0.3 is 0 Å². The van der Waals surface area contributed by atoms with E-state index in [4.69, 9.17) is 9.47 Å². The summed E-state index contributed by atoms with van der Waals surface area (Å²) in [5.41, 5.74) is 1.96. The number of nitrogens with one attached hydrogen (secondary N) is 2. The molecule has 0 aliphatic rings. The van der Waals surface area contributed by atoms with Crippen LogP contribution in [0.25, 0.3) is 0 Å². The number of ether oxygens (including phenoxy) is 2. The van der Waals surface area contributed by atoms with Gasteiger partial charge in [0.15, 0.2) is 0 Å². The van der Waals surface area contributed by atoms with Crippen LogP contribution in [0, 0.1) is 6.92 Å². The van der Waals surface area contributed by atoms with Crippen molar-refractivity contribution in [3.63, 3.8) is 0 Å². The summed E-state index contributed by atoms with van der Waals surface area (Å²) in [6.45, 7) is 1.88. The number of amides is 1. The number of hydrogen-bond donors (Lipinski definition) is 2. The molecular weight excluding hydrogens is 404 g/mol. The van der Waals surface area contributed by atoms with Crippen LogP contribution in [0.4, 0.5) is 11.4 Å². The highest BCUT2D eigenvalue weighted by molar-refractivity contribution is 7.92. The number of rotatable bonds is 7. The minimum atomic E-state index is -3.77. The number of aryl methyl sites for hydroxylation is 1. The number of carbonyl (C=O) groups excluding carboxylic acids is 1. The molecule has 0 radical (unpaired) electrons. The topological polar surface area (TPSA) is 93.7 Å². The fourth-order valence-corrected chi connectivity index (χ4v) is 3.81. The predicted octanol–water partition coefficient (Wildman–Crippen LogP) is 4.07. The van der Waals surface area contributed by atoms with Crippen molar-refractivity contribution < 1.29 is 22.7 Å². The van der Waals surface area contributed by atoms with E-state index in [1.54, 1.807) is 48.5 Å². The minimum absolute atomic E-state index is 0.143. The summed E-state index contributed by atoms with van der Waals surface area (Å²) < 4.78 is 38.1. The van der Waals surface area contributed by atoms with Gasteiger partial charge < -0.3 is 14.8 Å². The van der Waals surface area contributed by atoms with Gasteiger partial charge in [-0.2, -0.15) is 0 Å². The smallest absolute Gasteiger partial charge is 0.261 e. The first-order valence-electron chi connectivity index (χ1n) is 9.05. The molecule has 3 aromatic rings. The maximum atomic E-state index is 12.7. The van der Waals surface area contributed by atoms with Gasteiger partial charge in [0.05, 0.1) is 24.8 Å². The SMILES string of the molecule is COc1ccc(OC)c(NC(=O)c2cccc(NS(=O)(=O)c3ccc(C)cc3)c2)c1. The van der Waals surface area contributed by atoms with E-state index in [0.717, 1.165) is 5.56 Å². The molecule has 3 rings (SSSR count). The van der Waals surface area contributed by atoms with Crippen LogP contribution in [-0.2, 0) is 10.0 Å². The highest BCUT2D eigenvalue weighted by atomic mass is 32.2. The number of hydrogen-bond acceptors (Lipinski definition) is 5. The van der Waals surface area contributed by atoms with E-state index in [1.165, 1.54) is 32.4 Å². The first-order chi connectivity index (χ1) is 14.3. The molecule has 0 saturated carbocycles. The summed E-state index contributed by atoms with van der Waals surface area (Å²) in [4.78, 5) is 12.9. The number of benzene rings is 3. The Kier molecular flexibility index (Phi) is 6.27. The van der Waals surface area contributed by atoms with Crippen LogP contribution in [-0.4, -0.2) is 28.5 Å². The van der Waals surface area contributed by atoms with E-state index in [2.05, 4.69) is 10.0 Å². The second-order valence-corrected chi connectivity index (χ2v) is 8.20. The highest BCUT2D eigenvalue weighted by Gasteiger charge is 2.16. The highest BCUT2D eigenvalue weighted by Crippen LogP contribution is 2.29. The van der Waals surface area contributed by atoms with Crippen LogP contribution in [0.1, 0.15) is 15.9 Å². The summed E-state index contributed by atoms with van der Waals surface area (Å²) in [7, 11) is -0.747. The monoisotopic (exact) mass is 426 g/mol. The Morgan fingerprint density at radius 1 is 0.900 bits per heavy atom. The Balaban J connectivity index is 1.81.